The van der Waals surface area contributed by atoms with E-state index < -0.39 is 17.7 Å². The molecule has 0 unspecified atom stereocenters. The number of rotatable bonds is 5. The van der Waals surface area contributed by atoms with Crippen LogP contribution in [0, 0.1) is 0 Å². The molecular weight excluding hydrogens is 310 g/mol. The van der Waals surface area contributed by atoms with Gasteiger partial charge in [0.1, 0.15) is 5.60 Å². The Hall–Kier alpha value is -2.83. The summed E-state index contributed by atoms with van der Waals surface area (Å²) < 4.78 is 7.15. The molecule has 2 rings (SSSR count). The molecule has 1 amide bonds. The molecule has 0 bridgehead atoms. The third kappa shape index (κ3) is 4.84. The van der Waals surface area contributed by atoms with Crippen molar-refractivity contribution in [1.29, 1.82) is 0 Å². The Morgan fingerprint density at radius 3 is 2.42 bits per heavy atom. The first-order chi connectivity index (χ1) is 11.3. The molecule has 2 aromatic rings. The number of carboxylic acids is 1. The molecule has 128 valence electrons. The van der Waals surface area contributed by atoms with Crippen LogP contribution in [0.15, 0.2) is 42.7 Å². The van der Waals surface area contributed by atoms with Gasteiger partial charge in [0.15, 0.2) is 0 Å². The molecule has 24 heavy (non-hydrogen) atoms. The fraction of sp³-hybridized carbons (Fsp3) is 0.353. The average Bonchev–Trinajstić information content (AvgIpc) is 2.99. The van der Waals surface area contributed by atoms with Crippen molar-refractivity contribution in [2.75, 3.05) is 11.4 Å². The third-order valence-corrected chi connectivity index (χ3v) is 3.15. The lowest BCUT2D eigenvalue weighted by atomic mass is 10.2. The lowest BCUT2D eigenvalue weighted by Gasteiger charge is -2.27. The SMILES string of the molecule is CC(C)(C)OC(=O)N(CCn1cccn1)c1ccc(C(=O)O)cc1. The molecule has 1 N–H and O–H groups in total. The molecule has 0 aliphatic heterocycles. The Morgan fingerprint density at radius 2 is 1.92 bits per heavy atom. The molecule has 0 radical (unpaired) electrons. The van der Waals surface area contributed by atoms with Crippen molar-refractivity contribution in [3.05, 3.63) is 48.3 Å². The van der Waals surface area contributed by atoms with Gasteiger partial charge in [-0.15, -0.1) is 0 Å². The summed E-state index contributed by atoms with van der Waals surface area (Å²) in [7, 11) is 0. The number of aromatic nitrogens is 2. The molecule has 7 nitrogen and oxygen atoms in total. The Morgan fingerprint density at radius 1 is 1.25 bits per heavy atom. The van der Waals surface area contributed by atoms with Crippen LogP contribution in [0.25, 0.3) is 0 Å². The zero-order valence-corrected chi connectivity index (χ0v) is 14.0. The van der Waals surface area contributed by atoms with Gasteiger partial charge >= 0.3 is 12.1 Å². The van der Waals surface area contributed by atoms with Gasteiger partial charge in [-0.3, -0.25) is 9.58 Å². The van der Waals surface area contributed by atoms with E-state index in [0.29, 0.717) is 18.8 Å². The minimum absolute atomic E-state index is 0.162. The van der Waals surface area contributed by atoms with E-state index in [4.69, 9.17) is 9.84 Å². The second-order valence-corrected chi connectivity index (χ2v) is 6.25. The maximum absolute atomic E-state index is 12.5. The van der Waals surface area contributed by atoms with E-state index in [2.05, 4.69) is 5.10 Å². The molecule has 1 aromatic carbocycles. The van der Waals surface area contributed by atoms with Gasteiger partial charge in [0.05, 0.1) is 12.1 Å². The van der Waals surface area contributed by atoms with Crippen LogP contribution in [0.1, 0.15) is 31.1 Å². The van der Waals surface area contributed by atoms with Gasteiger partial charge in [-0.25, -0.2) is 9.59 Å². The summed E-state index contributed by atoms with van der Waals surface area (Å²) in [5.74, 6) is -1.01. The van der Waals surface area contributed by atoms with Crippen LogP contribution < -0.4 is 4.90 Å². The molecule has 1 heterocycles. The lowest BCUT2D eigenvalue weighted by molar-refractivity contribution is 0.0578. The molecule has 0 saturated carbocycles. The number of nitrogens with zero attached hydrogens (tertiary/aromatic N) is 3. The van der Waals surface area contributed by atoms with Crippen molar-refractivity contribution in [2.45, 2.75) is 32.9 Å². The first-order valence-corrected chi connectivity index (χ1v) is 7.57. The van der Waals surface area contributed by atoms with E-state index in [1.807, 2.05) is 0 Å². The standard InChI is InChI=1S/C17H21N3O4/c1-17(2,3)24-16(23)20(12-11-19-10-4-9-18-19)14-7-5-13(6-8-14)15(21)22/h4-10H,11-12H2,1-3H3,(H,21,22). The highest BCUT2D eigenvalue weighted by Gasteiger charge is 2.23. The van der Waals surface area contributed by atoms with Gasteiger partial charge in [0, 0.05) is 24.6 Å². The van der Waals surface area contributed by atoms with Crippen molar-refractivity contribution in [3.8, 4) is 0 Å². The Balaban J connectivity index is 2.20. The Kier molecular flexibility index (Phi) is 5.23. The number of carboxylic acid groups (broad SMARTS) is 1. The molecule has 0 aliphatic carbocycles. The minimum Gasteiger partial charge on any atom is -0.478 e. The molecule has 1 aromatic heterocycles. The Labute approximate surface area is 140 Å². The van der Waals surface area contributed by atoms with E-state index in [0.717, 1.165) is 0 Å². The normalized spacial score (nSPS) is 11.1. The maximum atomic E-state index is 12.5. The molecule has 7 heteroatoms. The smallest absolute Gasteiger partial charge is 0.414 e. The highest BCUT2D eigenvalue weighted by atomic mass is 16.6. The summed E-state index contributed by atoms with van der Waals surface area (Å²) in [6, 6.07) is 7.91. The zero-order chi connectivity index (χ0) is 17.7. The van der Waals surface area contributed by atoms with Gasteiger partial charge in [-0.1, -0.05) is 0 Å². The van der Waals surface area contributed by atoms with Crippen LogP contribution >= 0.6 is 0 Å². The largest absolute Gasteiger partial charge is 0.478 e. The quantitative estimate of drug-likeness (QED) is 0.910. The number of hydrogen-bond acceptors (Lipinski definition) is 4. The first kappa shape index (κ1) is 17.5. The van der Waals surface area contributed by atoms with Crippen LogP contribution in [-0.4, -0.2) is 39.1 Å². The van der Waals surface area contributed by atoms with Crippen molar-refractivity contribution < 1.29 is 19.4 Å². The van der Waals surface area contributed by atoms with E-state index in [1.54, 1.807) is 56.0 Å². The van der Waals surface area contributed by atoms with Gasteiger partial charge in [-0.05, 0) is 51.1 Å². The number of hydrogen-bond donors (Lipinski definition) is 1. The summed E-state index contributed by atoms with van der Waals surface area (Å²) in [6.45, 7) is 6.23. The Bertz CT molecular complexity index is 688. The number of benzene rings is 1. The summed E-state index contributed by atoms with van der Waals surface area (Å²) >= 11 is 0. The van der Waals surface area contributed by atoms with Gasteiger partial charge in [0.2, 0.25) is 0 Å². The third-order valence-electron chi connectivity index (χ3n) is 3.15. The summed E-state index contributed by atoms with van der Waals surface area (Å²) in [5.41, 5.74) is 0.110. The highest BCUT2D eigenvalue weighted by molar-refractivity contribution is 5.91. The molecule has 0 atom stereocenters. The van der Waals surface area contributed by atoms with Gasteiger partial charge in [0.25, 0.3) is 0 Å². The van der Waals surface area contributed by atoms with Crippen molar-refractivity contribution >= 4 is 17.7 Å². The van der Waals surface area contributed by atoms with Crippen LogP contribution in [0.4, 0.5) is 10.5 Å². The lowest BCUT2D eigenvalue weighted by Crippen LogP contribution is -2.38. The summed E-state index contributed by atoms with van der Waals surface area (Å²) in [4.78, 5) is 24.9. The van der Waals surface area contributed by atoms with Crippen LogP contribution in [0.2, 0.25) is 0 Å². The van der Waals surface area contributed by atoms with Crippen LogP contribution in [0.3, 0.4) is 0 Å². The predicted octanol–water partition coefficient (Wildman–Crippen LogP) is 3.02. The highest BCUT2D eigenvalue weighted by Crippen LogP contribution is 2.19. The molecular formula is C17H21N3O4. The van der Waals surface area contributed by atoms with Crippen molar-refractivity contribution in [3.63, 3.8) is 0 Å². The number of carbonyl (C=O) groups excluding carboxylic acids is 1. The number of amides is 1. The maximum Gasteiger partial charge on any atom is 0.414 e. The number of ether oxygens (including phenoxy) is 1. The van der Waals surface area contributed by atoms with E-state index in [1.165, 1.54) is 17.0 Å². The predicted molar refractivity (Wildman–Crippen MR) is 89.2 cm³/mol. The van der Waals surface area contributed by atoms with Crippen LogP contribution in [0.5, 0.6) is 0 Å². The molecule has 0 spiro atoms. The average molecular weight is 331 g/mol. The van der Waals surface area contributed by atoms with Crippen molar-refractivity contribution in [1.82, 2.24) is 9.78 Å². The fourth-order valence-corrected chi connectivity index (χ4v) is 2.06. The fourth-order valence-electron chi connectivity index (χ4n) is 2.06. The number of anilines is 1. The van der Waals surface area contributed by atoms with E-state index in [9.17, 15) is 9.59 Å². The second-order valence-electron chi connectivity index (χ2n) is 6.25. The van der Waals surface area contributed by atoms with E-state index in [-0.39, 0.29) is 5.56 Å². The molecule has 0 saturated heterocycles. The first-order valence-electron chi connectivity index (χ1n) is 7.57. The van der Waals surface area contributed by atoms with Crippen molar-refractivity contribution in [2.24, 2.45) is 0 Å². The van der Waals surface area contributed by atoms with Crippen LogP contribution in [-0.2, 0) is 11.3 Å². The summed E-state index contributed by atoms with van der Waals surface area (Å²) in [6.07, 6.45) is 2.98. The number of carbonyl (C=O) groups is 2. The van der Waals surface area contributed by atoms with E-state index >= 15 is 0 Å². The zero-order valence-electron chi connectivity index (χ0n) is 14.0. The summed E-state index contributed by atoms with van der Waals surface area (Å²) in [5, 5.41) is 13.1. The number of aromatic carboxylic acids is 1. The monoisotopic (exact) mass is 331 g/mol. The minimum atomic E-state index is -1.01. The second kappa shape index (κ2) is 7.16. The molecule has 0 fully saturated rings. The molecule has 0 aliphatic rings. The van der Waals surface area contributed by atoms with Gasteiger partial charge in [-0.2, -0.15) is 5.10 Å². The topological polar surface area (TPSA) is 84.7 Å². The van der Waals surface area contributed by atoms with Gasteiger partial charge < -0.3 is 9.84 Å².